The molecule has 13 aromatic rings. The van der Waals surface area contributed by atoms with Gasteiger partial charge in [0, 0.05) is 52.7 Å². The van der Waals surface area contributed by atoms with Crippen LogP contribution in [0.1, 0.15) is 0 Å². The van der Waals surface area contributed by atoms with Gasteiger partial charge in [0.15, 0.2) is 5.82 Å². The molecule has 0 bridgehead atoms. The molecular formula is C52H30N4S. The SMILES string of the molecule is c1ccc2c(-n3c4ccccc4c4c5ccccc5ccc43)c3c4ccccc4n(-c4nc5ccccc5nc4-c4cccc5sc6ccccc6c45)c3cc2c1. The van der Waals surface area contributed by atoms with Gasteiger partial charge in [0.25, 0.3) is 0 Å². The Bertz CT molecular complexity index is 3830. The summed E-state index contributed by atoms with van der Waals surface area (Å²) < 4.78 is 7.40. The molecule has 0 atom stereocenters. The standard InChI is InChI=1S/C52H30N4S/c1-3-16-33-31(14-1)28-29-43-47(33)35-18-5-10-24-41(35)55(43)51-34-17-4-2-15-32(34)30-44-49(51)36-19-6-11-25-42(36)56(44)52-50(53-39-22-8-9-23-40(39)54-52)38-21-13-27-46-48(38)37-20-7-12-26-45(37)57-46/h1-30H. The van der Waals surface area contributed by atoms with Crippen LogP contribution in [0, 0.1) is 0 Å². The van der Waals surface area contributed by atoms with Crippen molar-refractivity contribution in [3.05, 3.63) is 182 Å². The lowest BCUT2D eigenvalue weighted by molar-refractivity contribution is 1.08. The molecule has 0 saturated heterocycles. The van der Waals surface area contributed by atoms with Crippen molar-refractivity contribution in [2.45, 2.75) is 0 Å². The van der Waals surface area contributed by atoms with Gasteiger partial charge in [0.05, 0.1) is 38.8 Å². The molecule has 0 fully saturated rings. The molecule has 57 heavy (non-hydrogen) atoms. The summed E-state index contributed by atoms with van der Waals surface area (Å²) in [7, 11) is 0. The maximum atomic E-state index is 5.57. The molecule has 4 nitrogen and oxygen atoms in total. The van der Waals surface area contributed by atoms with Crippen molar-refractivity contribution >= 4 is 108 Å². The zero-order valence-electron chi connectivity index (χ0n) is 30.5. The third-order valence-electron chi connectivity index (χ3n) is 11.9. The van der Waals surface area contributed by atoms with E-state index in [0.717, 1.165) is 44.5 Å². The lowest BCUT2D eigenvalue weighted by Crippen LogP contribution is -2.04. The number of rotatable bonds is 3. The van der Waals surface area contributed by atoms with Crippen LogP contribution >= 0.6 is 11.3 Å². The van der Waals surface area contributed by atoms with Crippen molar-refractivity contribution in [3.63, 3.8) is 0 Å². The van der Waals surface area contributed by atoms with Crippen LogP contribution in [0.15, 0.2) is 182 Å². The van der Waals surface area contributed by atoms with Crippen molar-refractivity contribution in [1.29, 1.82) is 0 Å². The van der Waals surface area contributed by atoms with E-state index >= 15 is 0 Å². The summed E-state index contributed by atoms with van der Waals surface area (Å²) in [6.07, 6.45) is 0. The van der Waals surface area contributed by atoms with E-state index in [4.69, 9.17) is 9.97 Å². The van der Waals surface area contributed by atoms with E-state index in [-0.39, 0.29) is 0 Å². The van der Waals surface area contributed by atoms with E-state index in [1.165, 1.54) is 74.6 Å². The number of benzene rings is 9. The summed E-state index contributed by atoms with van der Waals surface area (Å²) >= 11 is 1.83. The van der Waals surface area contributed by atoms with Crippen LogP contribution in [-0.2, 0) is 0 Å². The van der Waals surface area contributed by atoms with Crippen molar-refractivity contribution in [2.24, 2.45) is 0 Å². The second-order valence-electron chi connectivity index (χ2n) is 14.9. The van der Waals surface area contributed by atoms with Crippen LogP contribution in [0.3, 0.4) is 0 Å². The van der Waals surface area contributed by atoms with Gasteiger partial charge < -0.3 is 4.57 Å². The summed E-state index contributed by atoms with van der Waals surface area (Å²) in [5.41, 5.74) is 9.39. The predicted octanol–water partition coefficient (Wildman–Crippen LogP) is 14.2. The monoisotopic (exact) mass is 742 g/mol. The Balaban J connectivity index is 1.23. The molecule has 0 aliphatic carbocycles. The minimum Gasteiger partial charge on any atom is -0.308 e. The summed E-state index contributed by atoms with van der Waals surface area (Å²) in [6, 6.07) is 65.8. The molecule has 264 valence electrons. The number of aromatic nitrogens is 4. The van der Waals surface area contributed by atoms with Crippen LogP contribution in [0.4, 0.5) is 0 Å². The average molecular weight is 743 g/mol. The van der Waals surface area contributed by atoms with Gasteiger partial charge in [-0.3, -0.25) is 4.57 Å². The number of hydrogen-bond acceptors (Lipinski definition) is 3. The van der Waals surface area contributed by atoms with Gasteiger partial charge in [0.1, 0.15) is 5.69 Å². The first-order chi connectivity index (χ1) is 28.3. The van der Waals surface area contributed by atoms with Gasteiger partial charge in [0.2, 0.25) is 0 Å². The van der Waals surface area contributed by atoms with Crippen molar-refractivity contribution in [1.82, 2.24) is 19.1 Å². The van der Waals surface area contributed by atoms with Gasteiger partial charge >= 0.3 is 0 Å². The lowest BCUT2D eigenvalue weighted by atomic mass is 10.0. The largest absolute Gasteiger partial charge is 0.308 e. The minimum atomic E-state index is 0.817. The van der Waals surface area contributed by atoms with Crippen LogP contribution in [-0.4, -0.2) is 19.1 Å². The molecule has 0 unspecified atom stereocenters. The maximum absolute atomic E-state index is 5.57. The van der Waals surface area contributed by atoms with E-state index in [0.29, 0.717) is 0 Å². The lowest BCUT2D eigenvalue weighted by Gasteiger charge is -2.17. The minimum absolute atomic E-state index is 0.817. The normalized spacial score (nSPS) is 12.2. The summed E-state index contributed by atoms with van der Waals surface area (Å²) in [4.78, 5) is 11.1. The number of thiophene rings is 1. The molecule has 4 aromatic heterocycles. The zero-order chi connectivity index (χ0) is 37.2. The van der Waals surface area contributed by atoms with E-state index in [1.54, 1.807) is 0 Å². The predicted molar refractivity (Wildman–Crippen MR) is 242 cm³/mol. The summed E-state index contributed by atoms with van der Waals surface area (Å²) in [5, 5.41) is 12.2. The van der Waals surface area contributed by atoms with E-state index in [2.05, 4.69) is 191 Å². The Morgan fingerprint density at radius 2 is 0.982 bits per heavy atom. The average Bonchev–Trinajstić information content (AvgIpc) is 3.93. The van der Waals surface area contributed by atoms with Crippen LogP contribution in [0.5, 0.6) is 0 Å². The second-order valence-corrected chi connectivity index (χ2v) is 16.0. The van der Waals surface area contributed by atoms with Gasteiger partial charge in [-0.2, -0.15) is 0 Å². The first-order valence-electron chi connectivity index (χ1n) is 19.3. The van der Waals surface area contributed by atoms with Crippen LogP contribution in [0.25, 0.3) is 119 Å². The molecule has 0 amide bonds. The molecule has 9 aromatic carbocycles. The molecule has 0 radical (unpaired) electrons. The molecular weight excluding hydrogens is 713 g/mol. The van der Waals surface area contributed by atoms with Crippen molar-refractivity contribution in [3.8, 4) is 22.8 Å². The van der Waals surface area contributed by atoms with Crippen LogP contribution < -0.4 is 0 Å². The van der Waals surface area contributed by atoms with Gasteiger partial charge in [-0.05, 0) is 64.7 Å². The Labute approximate surface area is 330 Å². The maximum Gasteiger partial charge on any atom is 0.165 e. The van der Waals surface area contributed by atoms with Crippen LogP contribution in [0.2, 0.25) is 0 Å². The fraction of sp³-hybridized carbons (Fsp3) is 0. The topological polar surface area (TPSA) is 35.6 Å². The first kappa shape index (κ1) is 30.9. The highest BCUT2D eigenvalue weighted by Gasteiger charge is 2.26. The van der Waals surface area contributed by atoms with Crippen molar-refractivity contribution in [2.75, 3.05) is 0 Å². The van der Waals surface area contributed by atoms with E-state index < -0.39 is 0 Å². The van der Waals surface area contributed by atoms with Gasteiger partial charge in [-0.15, -0.1) is 11.3 Å². The number of para-hydroxylation sites is 4. The fourth-order valence-electron chi connectivity index (χ4n) is 9.51. The number of fused-ring (bicyclic) bond motifs is 13. The Morgan fingerprint density at radius 3 is 1.81 bits per heavy atom. The molecule has 4 heterocycles. The van der Waals surface area contributed by atoms with E-state index in [9.17, 15) is 0 Å². The third kappa shape index (κ3) is 4.26. The second kappa shape index (κ2) is 11.6. The number of hydrogen-bond donors (Lipinski definition) is 0. The Hall–Kier alpha value is -7.34. The Morgan fingerprint density at radius 1 is 0.368 bits per heavy atom. The third-order valence-corrected chi connectivity index (χ3v) is 13.0. The van der Waals surface area contributed by atoms with Crippen molar-refractivity contribution < 1.29 is 0 Å². The summed E-state index contributed by atoms with van der Waals surface area (Å²) in [6.45, 7) is 0. The molecule has 0 N–H and O–H groups in total. The quantitative estimate of drug-likeness (QED) is 0.181. The first-order valence-corrected chi connectivity index (χ1v) is 20.2. The molecule has 0 aliphatic rings. The molecule has 0 spiro atoms. The highest BCUT2D eigenvalue weighted by molar-refractivity contribution is 7.25. The van der Waals surface area contributed by atoms with E-state index in [1.807, 2.05) is 11.3 Å². The van der Waals surface area contributed by atoms with Gasteiger partial charge in [-0.25, -0.2) is 9.97 Å². The highest BCUT2D eigenvalue weighted by atomic mass is 32.1. The van der Waals surface area contributed by atoms with Gasteiger partial charge in [-0.1, -0.05) is 133 Å². The fourth-order valence-corrected chi connectivity index (χ4v) is 10.6. The molecule has 0 saturated carbocycles. The molecule has 0 aliphatic heterocycles. The smallest absolute Gasteiger partial charge is 0.165 e. The number of nitrogens with zero attached hydrogens (tertiary/aromatic N) is 4. The zero-order valence-corrected chi connectivity index (χ0v) is 31.3. The molecule has 13 rings (SSSR count). The Kier molecular flexibility index (Phi) is 6.29. The molecule has 5 heteroatoms. The highest BCUT2D eigenvalue weighted by Crippen LogP contribution is 2.47. The summed E-state index contributed by atoms with van der Waals surface area (Å²) in [5.74, 6) is 0.817.